The van der Waals surface area contributed by atoms with E-state index in [0.717, 1.165) is 45.8 Å². The lowest BCUT2D eigenvalue weighted by atomic mass is 10.0. The maximum atomic E-state index is 12.2. The molecule has 0 radical (unpaired) electrons. The molecule has 2 saturated heterocycles. The molecule has 0 aliphatic carbocycles. The SMILES string of the molecule is CC(C)(C)N1CCN(C(=O)CC2CCOC2)CC1. The van der Waals surface area contributed by atoms with E-state index >= 15 is 0 Å². The van der Waals surface area contributed by atoms with Crippen molar-refractivity contribution < 1.29 is 9.53 Å². The van der Waals surface area contributed by atoms with Gasteiger partial charge in [-0.15, -0.1) is 0 Å². The summed E-state index contributed by atoms with van der Waals surface area (Å²) in [6.45, 7) is 12.1. The van der Waals surface area contributed by atoms with Crippen molar-refractivity contribution in [1.82, 2.24) is 9.80 Å². The minimum atomic E-state index is 0.217. The van der Waals surface area contributed by atoms with Gasteiger partial charge in [0.2, 0.25) is 5.91 Å². The molecule has 4 nitrogen and oxygen atoms in total. The molecule has 0 bridgehead atoms. The molecule has 0 aromatic rings. The molecule has 2 aliphatic rings. The van der Waals surface area contributed by atoms with E-state index in [2.05, 4.69) is 25.7 Å². The Morgan fingerprint density at radius 1 is 1.22 bits per heavy atom. The van der Waals surface area contributed by atoms with E-state index in [-0.39, 0.29) is 5.54 Å². The zero-order valence-corrected chi connectivity index (χ0v) is 11.9. The van der Waals surface area contributed by atoms with Gasteiger partial charge in [0.1, 0.15) is 0 Å². The zero-order chi connectivity index (χ0) is 13.2. The molecule has 1 amide bonds. The summed E-state index contributed by atoms with van der Waals surface area (Å²) < 4.78 is 5.33. The fourth-order valence-corrected chi connectivity index (χ4v) is 2.75. The molecule has 2 fully saturated rings. The number of rotatable bonds is 2. The summed E-state index contributed by atoms with van der Waals surface area (Å²) >= 11 is 0. The molecule has 0 N–H and O–H groups in total. The van der Waals surface area contributed by atoms with Crippen molar-refractivity contribution in [3.8, 4) is 0 Å². The van der Waals surface area contributed by atoms with Crippen LogP contribution in [0.4, 0.5) is 0 Å². The third-order valence-electron chi connectivity index (χ3n) is 4.07. The van der Waals surface area contributed by atoms with E-state index in [0.29, 0.717) is 18.2 Å². The van der Waals surface area contributed by atoms with Crippen LogP contribution in [-0.2, 0) is 9.53 Å². The minimum Gasteiger partial charge on any atom is -0.381 e. The zero-order valence-electron chi connectivity index (χ0n) is 11.9. The Morgan fingerprint density at radius 3 is 2.39 bits per heavy atom. The van der Waals surface area contributed by atoms with E-state index in [9.17, 15) is 4.79 Å². The van der Waals surface area contributed by atoms with Crippen LogP contribution in [0.5, 0.6) is 0 Å². The van der Waals surface area contributed by atoms with Gasteiger partial charge in [0.05, 0.1) is 0 Å². The number of nitrogens with zero attached hydrogens (tertiary/aromatic N) is 2. The number of hydrogen-bond donors (Lipinski definition) is 0. The van der Waals surface area contributed by atoms with Crippen LogP contribution in [0.15, 0.2) is 0 Å². The molecule has 104 valence electrons. The molecule has 0 aromatic heterocycles. The van der Waals surface area contributed by atoms with Gasteiger partial charge in [0.25, 0.3) is 0 Å². The maximum Gasteiger partial charge on any atom is 0.223 e. The molecule has 0 saturated carbocycles. The van der Waals surface area contributed by atoms with Crippen LogP contribution in [0, 0.1) is 5.92 Å². The lowest BCUT2D eigenvalue weighted by molar-refractivity contribution is -0.134. The Bertz CT molecular complexity index is 285. The highest BCUT2D eigenvalue weighted by molar-refractivity contribution is 5.76. The fourth-order valence-electron chi connectivity index (χ4n) is 2.75. The summed E-state index contributed by atoms with van der Waals surface area (Å²) in [6.07, 6.45) is 1.73. The first kappa shape index (κ1) is 13.8. The normalized spacial score (nSPS) is 26.6. The second-order valence-corrected chi connectivity index (χ2v) is 6.47. The second kappa shape index (κ2) is 5.57. The van der Waals surface area contributed by atoms with Gasteiger partial charge < -0.3 is 9.64 Å². The smallest absolute Gasteiger partial charge is 0.223 e. The summed E-state index contributed by atoms with van der Waals surface area (Å²) in [5.74, 6) is 0.775. The Balaban J connectivity index is 1.76. The summed E-state index contributed by atoms with van der Waals surface area (Å²) in [4.78, 5) is 16.6. The highest BCUT2D eigenvalue weighted by Gasteiger charge is 2.29. The first-order valence-electron chi connectivity index (χ1n) is 7.07. The van der Waals surface area contributed by atoms with E-state index < -0.39 is 0 Å². The Kier molecular flexibility index (Phi) is 4.28. The Hall–Kier alpha value is -0.610. The summed E-state index contributed by atoms with van der Waals surface area (Å²) in [7, 11) is 0. The predicted octanol–water partition coefficient (Wildman–Crippen LogP) is 1.36. The van der Waals surface area contributed by atoms with Gasteiger partial charge in [-0.3, -0.25) is 9.69 Å². The average molecular weight is 254 g/mol. The third kappa shape index (κ3) is 3.45. The fraction of sp³-hybridized carbons (Fsp3) is 0.929. The molecular weight excluding hydrogens is 228 g/mol. The highest BCUT2D eigenvalue weighted by Crippen LogP contribution is 2.20. The van der Waals surface area contributed by atoms with Crippen LogP contribution >= 0.6 is 0 Å². The van der Waals surface area contributed by atoms with E-state index in [4.69, 9.17) is 4.74 Å². The number of carbonyl (C=O) groups excluding carboxylic acids is 1. The molecule has 4 heteroatoms. The van der Waals surface area contributed by atoms with Gasteiger partial charge in [-0.05, 0) is 33.1 Å². The topological polar surface area (TPSA) is 32.8 Å². The van der Waals surface area contributed by atoms with Crippen molar-refractivity contribution in [3.63, 3.8) is 0 Å². The van der Waals surface area contributed by atoms with Crippen LogP contribution in [-0.4, -0.2) is 60.6 Å². The highest BCUT2D eigenvalue weighted by atomic mass is 16.5. The van der Waals surface area contributed by atoms with E-state index in [1.165, 1.54) is 0 Å². The number of hydrogen-bond acceptors (Lipinski definition) is 3. The molecule has 2 aliphatic heterocycles. The Labute approximate surface area is 110 Å². The average Bonchev–Trinajstić information content (AvgIpc) is 2.81. The van der Waals surface area contributed by atoms with Crippen molar-refractivity contribution in [2.75, 3.05) is 39.4 Å². The van der Waals surface area contributed by atoms with Crippen LogP contribution in [0.3, 0.4) is 0 Å². The lowest BCUT2D eigenvalue weighted by Crippen LogP contribution is -2.54. The third-order valence-corrected chi connectivity index (χ3v) is 4.07. The molecular formula is C14H26N2O2. The molecule has 18 heavy (non-hydrogen) atoms. The predicted molar refractivity (Wildman–Crippen MR) is 71.4 cm³/mol. The van der Waals surface area contributed by atoms with Gasteiger partial charge in [0, 0.05) is 51.4 Å². The van der Waals surface area contributed by atoms with Crippen molar-refractivity contribution in [2.45, 2.75) is 39.2 Å². The molecule has 2 heterocycles. The molecule has 0 aromatic carbocycles. The van der Waals surface area contributed by atoms with Crippen molar-refractivity contribution in [2.24, 2.45) is 5.92 Å². The lowest BCUT2D eigenvalue weighted by Gasteiger charge is -2.42. The van der Waals surface area contributed by atoms with Gasteiger partial charge in [0.15, 0.2) is 0 Å². The molecule has 0 spiro atoms. The van der Waals surface area contributed by atoms with E-state index in [1.807, 2.05) is 4.90 Å². The second-order valence-electron chi connectivity index (χ2n) is 6.47. The van der Waals surface area contributed by atoms with Gasteiger partial charge in [-0.25, -0.2) is 0 Å². The van der Waals surface area contributed by atoms with Gasteiger partial charge >= 0.3 is 0 Å². The van der Waals surface area contributed by atoms with Gasteiger partial charge in [-0.1, -0.05) is 0 Å². The monoisotopic (exact) mass is 254 g/mol. The summed E-state index contributed by atoms with van der Waals surface area (Å²) in [5.41, 5.74) is 0.217. The quantitative estimate of drug-likeness (QED) is 0.746. The summed E-state index contributed by atoms with van der Waals surface area (Å²) in [5, 5.41) is 0. The minimum absolute atomic E-state index is 0.217. The molecule has 2 rings (SSSR count). The van der Waals surface area contributed by atoms with Crippen LogP contribution in [0.1, 0.15) is 33.6 Å². The van der Waals surface area contributed by atoms with Crippen molar-refractivity contribution >= 4 is 5.91 Å². The number of piperazine rings is 1. The number of ether oxygens (including phenoxy) is 1. The van der Waals surface area contributed by atoms with Crippen LogP contribution < -0.4 is 0 Å². The molecule has 1 atom stereocenters. The summed E-state index contributed by atoms with van der Waals surface area (Å²) in [6, 6.07) is 0. The number of carbonyl (C=O) groups is 1. The largest absolute Gasteiger partial charge is 0.381 e. The standard InChI is InChI=1S/C14H26N2O2/c1-14(2,3)16-7-5-15(6-8-16)13(17)10-12-4-9-18-11-12/h12H,4-11H2,1-3H3. The van der Waals surface area contributed by atoms with Crippen LogP contribution in [0.25, 0.3) is 0 Å². The first-order chi connectivity index (χ1) is 8.47. The number of amides is 1. The first-order valence-corrected chi connectivity index (χ1v) is 7.07. The van der Waals surface area contributed by atoms with Crippen LogP contribution in [0.2, 0.25) is 0 Å². The molecule has 1 unspecified atom stereocenters. The maximum absolute atomic E-state index is 12.2. The van der Waals surface area contributed by atoms with Crippen molar-refractivity contribution in [1.29, 1.82) is 0 Å². The van der Waals surface area contributed by atoms with Gasteiger partial charge in [-0.2, -0.15) is 0 Å². The van der Waals surface area contributed by atoms with Crippen molar-refractivity contribution in [3.05, 3.63) is 0 Å². The van der Waals surface area contributed by atoms with E-state index in [1.54, 1.807) is 0 Å². The Morgan fingerprint density at radius 2 is 1.89 bits per heavy atom.